The Morgan fingerprint density at radius 2 is 2.40 bits per heavy atom. The minimum atomic E-state index is -0.765. The first-order valence-electron chi connectivity index (χ1n) is 4.34. The highest BCUT2D eigenvalue weighted by Crippen LogP contribution is 1.94. The zero-order chi connectivity index (χ0) is 10.8. The van der Waals surface area contributed by atoms with Gasteiger partial charge in [0, 0.05) is 12.3 Å². The summed E-state index contributed by atoms with van der Waals surface area (Å²) in [6.07, 6.45) is 1.53. The van der Waals surface area contributed by atoms with Crippen LogP contribution < -0.4 is 5.56 Å². The van der Waals surface area contributed by atoms with Crippen LogP contribution in [0.2, 0.25) is 0 Å². The van der Waals surface area contributed by atoms with Crippen molar-refractivity contribution < 1.29 is 9.53 Å². The van der Waals surface area contributed by atoms with Crippen molar-refractivity contribution in [2.75, 3.05) is 6.61 Å². The molecule has 2 aromatic rings. The summed E-state index contributed by atoms with van der Waals surface area (Å²) in [7, 11) is 0. The Labute approximate surface area is 83.7 Å². The summed E-state index contributed by atoms with van der Waals surface area (Å²) in [6, 6.07) is 1.57. The molecule has 0 amide bonds. The summed E-state index contributed by atoms with van der Waals surface area (Å²) in [4.78, 5) is 22.9. The van der Waals surface area contributed by atoms with Gasteiger partial charge in [0.15, 0.2) is 5.65 Å². The van der Waals surface area contributed by atoms with E-state index in [1.54, 1.807) is 13.0 Å². The van der Waals surface area contributed by atoms with Crippen LogP contribution in [-0.4, -0.2) is 32.4 Å². The molecule has 7 heteroatoms. The van der Waals surface area contributed by atoms with Gasteiger partial charge in [-0.05, 0) is 6.92 Å². The molecular weight excluding hydrogens is 200 g/mol. The van der Waals surface area contributed by atoms with Crippen LogP contribution in [0.4, 0.5) is 0 Å². The number of aromatic amines is 1. The topological polar surface area (TPSA) is 89.3 Å². The van der Waals surface area contributed by atoms with E-state index in [1.807, 2.05) is 0 Å². The van der Waals surface area contributed by atoms with Gasteiger partial charge in [0.25, 0.3) is 0 Å². The van der Waals surface area contributed by atoms with Crippen molar-refractivity contribution in [2.24, 2.45) is 0 Å². The highest BCUT2D eigenvalue weighted by Gasteiger charge is 2.16. The fourth-order valence-corrected chi connectivity index (χ4v) is 1.15. The average molecular weight is 208 g/mol. The minimum Gasteiger partial charge on any atom is -0.461 e. The number of hydrogen-bond acceptors (Lipinski definition) is 5. The normalized spacial score (nSPS) is 10.5. The largest absolute Gasteiger partial charge is 0.461 e. The minimum absolute atomic E-state index is 0.188. The third-order valence-electron chi connectivity index (χ3n) is 1.79. The first-order valence-corrected chi connectivity index (χ1v) is 4.34. The lowest BCUT2D eigenvalue weighted by molar-refractivity contribution is 0.0515. The SMILES string of the molecule is CCOC(=O)c1nnc2cc[nH]n2c1=O. The maximum atomic E-state index is 11.6. The molecule has 78 valence electrons. The second kappa shape index (κ2) is 3.52. The van der Waals surface area contributed by atoms with Gasteiger partial charge in [0.1, 0.15) is 0 Å². The molecule has 0 aliphatic carbocycles. The zero-order valence-electron chi connectivity index (χ0n) is 7.93. The van der Waals surface area contributed by atoms with Crippen LogP contribution in [0.5, 0.6) is 0 Å². The van der Waals surface area contributed by atoms with Crippen LogP contribution in [0.25, 0.3) is 5.65 Å². The van der Waals surface area contributed by atoms with E-state index in [9.17, 15) is 9.59 Å². The highest BCUT2D eigenvalue weighted by molar-refractivity contribution is 5.86. The molecule has 0 radical (unpaired) electrons. The van der Waals surface area contributed by atoms with Gasteiger partial charge < -0.3 is 4.74 Å². The number of carbonyl (C=O) groups excluding carboxylic acids is 1. The van der Waals surface area contributed by atoms with Gasteiger partial charge in [-0.3, -0.25) is 9.89 Å². The molecule has 0 aliphatic rings. The van der Waals surface area contributed by atoms with E-state index >= 15 is 0 Å². The molecule has 0 aliphatic heterocycles. The third kappa shape index (κ3) is 1.47. The fraction of sp³-hybridized carbons (Fsp3) is 0.250. The van der Waals surface area contributed by atoms with E-state index in [4.69, 9.17) is 0 Å². The summed E-state index contributed by atoms with van der Waals surface area (Å²) in [5.41, 5.74) is -0.534. The fourth-order valence-electron chi connectivity index (χ4n) is 1.15. The molecule has 2 rings (SSSR count). The molecule has 0 saturated carbocycles. The number of carbonyl (C=O) groups is 1. The van der Waals surface area contributed by atoms with Crippen molar-refractivity contribution in [2.45, 2.75) is 6.92 Å². The van der Waals surface area contributed by atoms with Gasteiger partial charge in [0.05, 0.1) is 6.61 Å². The summed E-state index contributed by atoms with van der Waals surface area (Å²) in [5.74, 6) is -0.765. The Bertz CT molecular complexity index is 556. The average Bonchev–Trinajstić information content (AvgIpc) is 2.67. The van der Waals surface area contributed by atoms with E-state index in [2.05, 4.69) is 20.0 Å². The number of rotatable bonds is 2. The Balaban J connectivity index is 2.57. The van der Waals surface area contributed by atoms with E-state index in [1.165, 1.54) is 6.20 Å². The standard InChI is InChI=1S/C8H8N4O3/c1-2-15-8(14)6-7(13)12-5(10-11-6)3-4-9-12/h3-4,9H,2H2,1H3. The van der Waals surface area contributed by atoms with Gasteiger partial charge in [-0.2, -0.15) is 4.52 Å². The number of H-pyrrole nitrogens is 1. The summed E-state index contributed by atoms with van der Waals surface area (Å²) < 4.78 is 5.79. The number of esters is 1. The number of hydrogen-bond donors (Lipinski definition) is 1. The van der Waals surface area contributed by atoms with Crippen molar-refractivity contribution in [1.82, 2.24) is 19.8 Å². The molecule has 0 aromatic carbocycles. The van der Waals surface area contributed by atoms with Gasteiger partial charge >= 0.3 is 11.5 Å². The number of fused-ring (bicyclic) bond motifs is 1. The molecule has 0 unspecified atom stereocenters. The Morgan fingerprint density at radius 1 is 1.60 bits per heavy atom. The van der Waals surface area contributed by atoms with Crippen molar-refractivity contribution in [3.8, 4) is 0 Å². The maximum Gasteiger partial charge on any atom is 0.364 e. The summed E-state index contributed by atoms with van der Waals surface area (Å²) in [6.45, 7) is 1.84. The van der Waals surface area contributed by atoms with Crippen LogP contribution >= 0.6 is 0 Å². The highest BCUT2D eigenvalue weighted by atomic mass is 16.5. The number of nitrogens with one attached hydrogen (secondary N) is 1. The number of ether oxygens (including phenoxy) is 1. The van der Waals surface area contributed by atoms with E-state index < -0.39 is 11.5 Å². The smallest absolute Gasteiger partial charge is 0.364 e. The van der Waals surface area contributed by atoms with Gasteiger partial charge in [0.2, 0.25) is 5.69 Å². The first kappa shape index (κ1) is 9.38. The molecule has 2 aromatic heterocycles. The maximum absolute atomic E-state index is 11.6. The molecule has 15 heavy (non-hydrogen) atoms. The summed E-state index contributed by atoms with van der Waals surface area (Å²) >= 11 is 0. The molecule has 2 heterocycles. The Hall–Kier alpha value is -2.18. The van der Waals surface area contributed by atoms with Crippen molar-refractivity contribution in [3.05, 3.63) is 28.3 Å². The second-order valence-corrected chi connectivity index (χ2v) is 2.73. The monoisotopic (exact) mass is 208 g/mol. The van der Waals surface area contributed by atoms with Crippen LogP contribution in [0.3, 0.4) is 0 Å². The van der Waals surface area contributed by atoms with Crippen LogP contribution in [0, 0.1) is 0 Å². The Morgan fingerprint density at radius 3 is 3.13 bits per heavy atom. The first-order chi connectivity index (χ1) is 7.24. The van der Waals surface area contributed by atoms with Gasteiger partial charge in [-0.15, -0.1) is 10.2 Å². The van der Waals surface area contributed by atoms with E-state index in [0.717, 1.165) is 4.52 Å². The summed E-state index contributed by atoms with van der Waals surface area (Å²) in [5, 5.41) is 9.82. The van der Waals surface area contributed by atoms with Crippen LogP contribution in [0.1, 0.15) is 17.4 Å². The molecule has 0 bridgehead atoms. The van der Waals surface area contributed by atoms with Crippen LogP contribution in [-0.2, 0) is 4.74 Å². The number of nitrogens with zero attached hydrogens (tertiary/aromatic N) is 3. The third-order valence-corrected chi connectivity index (χ3v) is 1.79. The zero-order valence-corrected chi connectivity index (χ0v) is 7.93. The quantitative estimate of drug-likeness (QED) is 0.678. The predicted octanol–water partition coefficient (Wildman–Crippen LogP) is -0.406. The van der Waals surface area contributed by atoms with E-state index in [0.29, 0.717) is 5.65 Å². The lowest BCUT2D eigenvalue weighted by Gasteiger charge is -1.99. The molecule has 0 fully saturated rings. The second-order valence-electron chi connectivity index (χ2n) is 2.73. The number of aromatic nitrogens is 4. The molecule has 0 atom stereocenters. The van der Waals surface area contributed by atoms with Gasteiger partial charge in [-0.1, -0.05) is 0 Å². The predicted molar refractivity (Wildman–Crippen MR) is 49.6 cm³/mol. The van der Waals surface area contributed by atoms with Crippen molar-refractivity contribution >= 4 is 11.6 Å². The van der Waals surface area contributed by atoms with Crippen LogP contribution in [0.15, 0.2) is 17.1 Å². The molecule has 0 spiro atoms. The van der Waals surface area contributed by atoms with Gasteiger partial charge in [-0.25, -0.2) is 4.79 Å². The lowest BCUT2D eigenvalue weighted by atomic mass is 10.4. The van der Waals surface area contributed by atoms with E-state index in [-0.39, 0.29) is 12.3 Å². The molecule has 1 N–H and O–H groups in total. The lowest BCUT2D eigenvalue weighted by Crippen LogP contribution is -2.26. The molecule has 7 nitrogen and oxygen atoms in total. The van der Waals surface area contributed by atoms with Crippen molar-refractivity contribution in [3.63, 3.8) is 0 Å². The molecular formula is C8H8N4O3. The van der Waals surface area contributed by atoms with Crippen molar-refractivity contribution in [1.29, 1.82) is 0 Å². The molecule has 0 saturated heterocycles. The Kier molecular flexibility index (Phi) is 2.20.